The van der Waals surface area contributed by atoms with E-state index >= 15 is 0 Å². The van der Waals surface area contributed by atoms with Gasteiger partial charge in [0.25, 0.3) is 0 Å². The summed E-state index contributed by atoms with van der Waals surface area (Å²) in [5.41, 5.74) is 2.15. The lowest BCUT2D eigenvalue weighted by Crippen LogP contribution is -2.04. The van der Waals surface area contributed by atoms with Gasteiger partial charge in [0.15, 0.2) is 5.78 Å². The smallest absolute Gasteiger partial charge is 0.167 e. The normalized spacial score (nSPS) is 10.5. The maximum Gasteiger partial charge on any atom is 0.167 e. The molecule has 0 atom stereocenters. The Bertz CT molecular complexity index is 618. The molecule has 0 bridgehead atoms. The largest absolute Gasteiger partial charge is 0.294 e. The Labute approximate surface area is 121 Å². The summed E-state index contributed by atoms with van der Waals surface area (Å²) in [5.74, 6) is -0.565. The number of carbonyl (C=O) groups is 1. The van der Waals surface area contributed by atoms with Crippen LogP contribution in [0.2, 0.25) is 10.0 Å². The summed E-state index contributed by atoms with van der Waals surface area (Å²) in [6.07, 6.45) is 0.166. The number of Topliss-reactive ketones (excluding diaryl/α,β-unsaturated/α-hetero) is 1. The number of rotatable bonds is 3. The molecule has 0 aliphatic rings. The summed E-state index contributed by atoms with van der Waals surface area (Å²) in [6.45, 7) is 1.87. The minimum Gasteiger partial charge on any atom is -0.294 e. The van der Waals surface area contributed by atoms with Gasteiger partial charge in [-0.2, -0.15) is 0 Å². The maximum atomic E-state index is 13.0. The molecule has 0 amide bonds. The molecule has 19 heavy (non-hydrogen) atoms. The zero-order valence-electron chi connectivity index (χ0n) is 10.2. The molecule has 2 aromatic carbocycles. The van der Waals surface area contributed by atoms with E-state index in [1.165, 1.54) is 12.1 Å². The van der Waals surface area contributed by atoms with Crippen molar-refractivity contribution in [2.24, 2.45) is 0 Å². The molecule has 0 aliphatic carbocycles. The highest BCUT2D eigenvalue weighted by Crippen LogP contribution is 2.19. The number of ketones is 1. The minimum atomic E-state index is -0.489. The first-order valence-corrected chi connectivity index (χ1v) is 6.45. The van der Waals surface area contributed by atoms with Crippen molar-refractivity contribution in [1.82, 2.24) is 0 Å². The number of hydrogen-bond donors (Lipinski definition) is 0. The molecule has 0 spiro atoms. The van der Waals surface area contributed by atoms with Gasteiger partial charge in [0.1, 0.15) is 5.82 Å². The van der Waals surface area contributed by atoms with E-state index in [0.717, 1.165) is 5.56 Å². The van der Waals surface area contributed by atoms with Crippen molar-refractivity contribution in [2.45, 2.75) is 13.3 Å². The molecule has 1 nitrogen and oxygen atoms in total. The second kappa shape index (κ2) is 5.72. The number of carbonyl (C=O) groups excluding carboxylic acids is 1. The van der Waals surface area contributed by atoms with Gasteiger partial charge in [-0.15, -0.1) is 0 Å². The van der Waals surface area contributed by atoms with Gasteiger partial charge in [-0.25, -0.2) is 4.39 Å². The summed E-state index contributed by atoms with van der Waals surface area (Å²) >= 11 is 11.6. The molecule has 0 saturated heterocycles. The fourth-order valence-electron chi connectivity index (χ4n) is 1.83. The minimum absolute atomic E-state index is 0.0209. The number of halogens is 3. The van der Waals surface area contributed by atoms with Crippen LogP contribution in [0.1, 0.15) is 21.5 Å². The van der Waals surface area contributed by atoms with Crippen molar-refractivity contribution >= 4 is 29.0 Å². The third-order valence-electron chi connectivity index (χ3n) is 2.71. The Morgan fingerprint density at radius 3 is 2.53 bits per heavy atom. The fraction of sp³-hybridized carbons (Fsp3) is 0.133. The van der Waals surface area contributed by atoms with Crippen molar-refractivity contribution < 1.29 is 9.18 Å². The molecule has 0 fully saturated rings. The molecule has 2 rings (SSSR count). The van der Waals surface area contributed by atoms with Gasteiger partial charge in [-0.3, -0.25) is 4.79 Å². The van der Waals surface area contributed by atoms with Crippen molar-refractivity contribution in [3.05, 3.63) is 69.0 Å². The first kappa shape index (κ1) is 14.0. The molecule has 0 heterocycles. The van der Waals surface area contributed by atoms with E-state index in [1.807, 2.05) is 6.92 Å². The summed E-state index contributed by atoms with van der Waals surface area (Å²) in [4.78, 5) is 12.1. The molecule has 0 aromatic heterocycles. The molecule has 98 valence electrons. The fourth-order valence-corrected chi connectivity index (χ4v) is 2.33. The second-order valence-corrected chi connectivity index (χ2v) is 5.21. The first-order chi connectivity index (χ1) is 8.95. The summed E-state index contributed by atoms with van der Waals surface area (Å²) in [6, 6.07) is 9.46. The Hall–Kier alpha value is -1.38. The van der Waals surface area contributed by atoms with Gasteiger partial charge in [0, 0.05) is 17.0 Å². The van der Waals surface area contributed by atoms with Crippen molar-refractivity contribution in [1.29, 1.82) is 0 Å². The van der Waals surface area contributed by atoms with Crippen molar-refractivity contribution in [3.63, 3.8) is 0 Å². The van der Waals surface area contributed by atoms with Crippen LogP contribution in [0.25, 0.3) is 0 Å². The zero-order valence-corrected chi connectivity index (χ0v) is 11.7. The molecule has 0 unspecified atom stereocenters. The molecular weight excluding hydrogens is 286 g/mol. The lowest BCUT2D eigenvalue weighted by molar-refractivity contribution is 0.0993. The van der Waals surface area contributed by atoms with Crippen LogP contribution >= 0.6 is 23.2 Å². The highest BCUT2D eigenvalue weighted by Gasteiger charge is 2.10. The summed E-state index contributed by atoms with van der Waals surface area (Å²) in [5, 5.41) is 0.549. The topological polar surface area (TPSA) is 17.1 Å². The maximum absolute atomic E-state index is 13.0. The lowest BCUT2D eigenvalue weighted by Gasteiger charge is -2.05. The number of aryl methyl sites for hydroxylation is 1. The molecule has 0 radical (unpaired) electrons. The quantitative estimate of drug-likeness (QED) is 0.739. The second-order valence-electron chi connectivity index (χ2n) is 4.37. The van der Waals surface area contributed by atoms with Crippen LogP contribution in [0.3, 0.4) is 0 Å². The van der Waals surface area contributed by atoms with Crippen LogP contribution < -0.4 is 0 Å². The monoisotopic (exact) mass is 296 g/mol. The highest BCUT2D eigenvalue weighted by molar-refractivity contribution is 6.31. The molecule has 0 aliphatic heterocycles. The predicted octanol–water partition coefficient (Wildman–Crippen LogP) is 4.87. The van der Waals surface area contributed by atoms with E-state index in [-0.39, 0.29) is 17.2 Å². The summed E-state index contributed by atoms with van der Waals surface area (Å²) in [7, 11) is 0. The van der Waals surface area contributed by atoms with Crippen LogP contribution in [0, 0.1) is 12.7 Å². The molecule has 0 N–H and O–H groups in total. The Balaban J connectivity index is 2.22. The van der Waals surface area contributed by atoms with Crippen LogP contribution in [0.5, 0.6) is 0 Å². The summed E-state index contributed by atoms with van der Waals surface area (Å²) < 4.78 is 13.0. The first-order valence-electron chi connectivity index (χ1n) is 5.70. The molecular formula is C15H11Cl2FO. The van der Waals surface area contributed by atoms with Crippen LogP contribution in [-0.4, -0.2) is 5.78 Å². The van der Waals surface area contributed by atoms with Crippen LogP contribution in [-0.2, 0) is 6.42 Å². The molecule has 4 heteroatoms. The van der Waals surface area contributed by atoms with Gasteiger partial charge in [0.2, 0.25) is 0 Å². The molecule has 2 aromatic rings. The van der Waals surface area contributed by atoms with Crippen molar-refractivity contribution in [2.75, 3.05) is 0 Å². The van der Waals surface area contributed by atoms with Gasteiger partial charge >= 0.3 is 0 Å². The zero-order chi connectivity index (χ0) is 14.0. The number of hydrogen-bond acceptors (Lipinski definition) is 1. The van der Waals surface area contributed by atoms with Crippen LogP contribution in [0.15, 0.2) is 36.4 Å². The van der Waals surface area contributed by atoms with E-state index in [2.05, 4.69) is 0 Å². The van der Waals surface area contributed by atoms with Gasteiger partial charge in [-0.05, 0) is 48.4 Å². The third kappa shape index (κ3) is 3.55. The van der Waals surface area contributed by atoms with E-state index in [9.17, 15) is 9.18 Å². The van der Waals surface area contributed by atoms with Gasteiger partial charge < -0.3 is 0 Å². The van der Waals surface area contributed by atoms with E-state index < -0.39 is 5.82 Å². The average molecular weight is 297 g/mol. The van der Waals surface area contributed by atoms with E-state index in [4.69, 9.17) is 23.2 Å². The Morgan fingerprint density at radius 1 is 1.16 bits per heavy atom. The Kier molecular flexibility index (Phi) is 4.23. The average Bonchev–Trinajstić information content (AvgIpc) is 2.32. The van der Waals surface area contributed by atoms with E-state index in [1.54, 1.807) is 24.3 Å². The SMILES string of the molecule is Cc1cc(Cl)cc(C(=O)Cc2ccc(F)c(Cl)c2)c1. The highest BCUT2D eigenvalue weighted by atomic mass is 35.5. The van der Waals surface area contributed by atoms with Crippen LogP contribution in [0.4, 0.5) is 4.39 Å². The molecule has 0 saturated carbocycles. The van der Waals surface area contributed by atoms with Gasteiger partial charge in [0.05, 0.1) is 5.02 Å². The van der Waals surface area contributed by atoms with Gasteiger partial charge in [-0.1, -0.05) is 29.3 Å². The third-order valence-corrected chi connectivity index (χ3v) is 3.22. The lowest BCUT2D eigenvalue weighted by atomic mass is 10.0. The van der Waals surface area contributed by atoms with E-state index in [0.29, 0.717) is 16.1 Å². The predicted molar refractivity (Wildman–Crippen MR) is 75.6 cm³/mol. The number of benzene rings is 2. The van der Waals surface area contributed by atoms with Crippen molar-refractivity contribution in [3.8, 4) is 0 Å². The standard InChI is InChI=1S/C15H11Cl2FO/c1-9-4-11(8-12(16)5-9)15(19)7-10-2-3-14(18)13(17)6-10/h2-6,8H,7H2,1H3. The Morgan fingerprint density at radius 2 is 1.89 bits per heavy atom.